The Labute approximate surface area is 124 Å². The van der Waals surface area contributed by atoms with Crippen LogP contribution in [0.3, 0.4) is 0 Å². The number of hydrogen-bond acceptors (Lipinski definition) is 5. The molecule has 9 heteroatoms. The Morgan fingerprint density at radius 1 is 1.48 bits per heavy atom. The van der Waals surface area contributed by atoms with Crippen LogP contribution in [0, 0.1) is 0 Å². The average molecular weight is 315 g/mol. The van der Waals surface area contributed by atoms with Gasteiger partial charge in [0.1, 0.15) is 5.69 Å². The average Bonchev–Trinajstić information content (AvgIpc) is 2.78. The summed E-state index contributed by atoms with van der Waals surface area (Å²) in [4.78, 5) is 14.1. The fraction of sp³-hybridized carbons (Fsp3) is 0.667. The van der Waals surface area contributed by atoms with Gasteiger partial charge in [-0.25, -0.2) is 13.1 Å². The zero-order chi connectivity index (χ0) is 15.6. The highest BCUT2D eigenvalue weighted by atomic mass is 32.2. The van der Waals surface area contributed by atoms with Gasteiger partial charge in [0, 0.05) is 26.2 Å². The number of anilines is 1. The molecule has 0 atom stereocenters. The molecule has 1 aromatic rings. The highest BCUT2D eigenvalue weighted by Crippen LogP contribution is 2.17. The topological polar surface area (TPSA) is 110 Å². The van der Waals surface area contributed by atoms with Gasteiger partial charge in [0.15, 0.2) is 0 Å². The van der Waals surface area contributed by atoms with Crippen molar-refractivity contribution in [3.05, 3.63) is 11.9 Å². The molecule has 0 saturated carbocycles. The molecular formula is C12H21N5O3S. The Morgan fingerprint density at radius 2 is 2.10 bits per heavy atom. The number of piperidine rings is 1. The summed E-state index contributed by atoms with van der Waals surface area (Å²) in [7, 11) is -1.53. The maximum absolute atomic E-state index is 12.4. The molecule has 0 aliphatic carbocycles. The van der Waals surface area contributed by atoms with Crippen molar-refractivity contribution in [2.45, 2.75) is 25.8 Å². The zero-order valence-corrected chi connectivity index (χ0v) is 13.1. The summed E-state index contributed by atoms with van der Waals surface area (Å²) in [5.41, 5.74) is 6.49. The van der Waals surface area contributed by atoms with E-state index in [1.165, 1.54) is 10.9 Å². The Hall–Kier alpha value is -1.61. The third-order valence-corrected chi connectivity index (χ3v) is 5.13. The van der Waals surface area contributed by atoms with E-state index in [-0.39, 0.29) is 17.7 Å². The number of sulfonamides is 1. The zero-order valence-electron chi connectivity index (χ0n) is 12.2. The van der Waals surface area contributed by atoms with Gasteiger partial charge in [-0.3, -0.25) is 9.48 Å². The first-order valence-corrected chi connectivity index (χ1v) is 8.56. The van der Waals surface area contributed by atoms with Crippen LogP contribution < -0.4 is 10.5 Å². The number of nitrogens with zero attached hydrogens (tertiary/aromatic N) is 3. The number of amides is 1. The van der Waals surface area contributed by atoms with Crippen LogP contribution in [0.25, 0.3) is 0 Å². The molecular weight excluding hydrogens is 294 g/mol. The monoisotopic (exact) mass is 315 g/mol. The molecule has 21 heavy (non-hydrogen) atoms. The van der Waals surface area contributed by atoms with Crippen LogP contribution in [0.5, 0.6) is 0 Å². The maximum Gasteiger partial charge on any atom is 0.274 e. The summed E-state index contributed by atoms with van der Waals surface area (Å²) in [5, 5.41) is 3.96. The number of nitrogens with two attached hydrogens (primary N) is 1. The molecule has 0 aromatic carbocycles. The summed E-state index contributed by atoms with van der Waals surface area (Å²) in [5.74, 6) is -0.0955. The van der Waals surface area contributed by atoms with Crippen molar-refractivity contribution in [1.82, 2.24) is 19.4 Å². The van der Waals surface area contributed by atoms with Gasteiger partial charge in [0.25, 0.3) is 5.91 Å². The van der Waals surface area contributed by atoms with Crippen molar-refractivity contribution in [3.63, 3.8) is 0 Å². The minimum atomic E-state index is -3.20. The van der Waals surface area contributed by atoms with Crippen molar-refractivity contribution in [2.75, 3.05) is 24.6 Å². The molecule has 0 spiro atoms. The summed E-state index contributed by atoms with van der Waals surface area (Å²) in [6, 6.07) is -0.108. The highest BCUT2D eigenvalue weighted by Gasteiger charge is 2.28. The predicted molar refractivity (Wildman–Crippen MR) is 79.1 cm³/mol. The van der Waals surface area contributed by atoms with Gasteiger partial charge in [-0.15, -0.1) is 0 Å². The minimum Gasteiger partial charge on any atom is -0.396 e. The van der Waals surface area contributed by atoms with Crippen LogP contribution in [0.15, 0.2) is 6.20 Å². The second-order valence-corrected chi connectivity index (χ2v) is 7.20. The number of likely N-dealkylation sites (tertiary alicyclic amines) is 1. The smallest absolute Gasteiger partial charge is 0.274 e. The number of nitrogen functional groups attached to an aromatic ring is 1. The number of aryl methyl sites for hydroxylation is 1. The van der Waals surface area contributed by atoms with Crippen LogP contribution in [-0.2, 0) is 17.1 Å². The number of aromatic nitrogens is 2. The first-order valence-electron chi connectivity index (χ1n) is 6.90. The molecule has 118 valence electrons. The Balaban J connectivity index is 1.97. The van der Waals surface area contributed by atoms with Gasteiger partial charge < -0.3 is 10.6 Å². The standard InChI is InChI=1S/C12H21N5O3S/c1-3-21(19,20)15-9-4-6-17(7-5-9)12(18)11-10(13)8-14-16(11)2/h8-9,15H,3-7,13H2,1-2H3. The van der Waals surface area contributed by atoms with E-state index in [4.69, 9.17) is 5.73 Å². The molecule has 8 nitrogen and oxygen atoms in total. The number of carbonyl (C=O) groups is 1. The van der Waals surface area contributed by atoms with E-state index in [1.54, 1.807) is 18.9 Å². The number of carbonyl (C=O) groups excluding carboxylic acids is 1. The quantitative estimate of drug-likeness (QED) is 0.781. The summed E-state index contributed by atoms with van der Waals surface area (Å²) >= 11 is 0. The normalized spacial score (nSPS) is 17.1. The summed E-state index contributed by atoms with van der Waals surface area (Å²) in [6.07, 6.45) is 2.65. The van der Waals surface area contributed by atoms with E-state index in [0.717, 1.165) is 0 Å². The maximum atomic E-state index is 12.4. The van der Waals surface area contributed by atoms with Gasteiger partial charge in [-0.2, -0.15) is 5.10 Å². The predicted octanol–water partition coefficient (Wildman–Crippen LogP) is -0.454. The lowest BCUT2D eigenvalue weighted by Crippen LogP contribution is -2.47. The molecule has 1 amide bonds. The fourth-order valence-corrected chi connectivity index (χ4v) is 3.31. The number of hydrogen-bond donors (Lipinski definition) is 2. The van der Waals surface area contributed by atoms with Crippen molar-refractivity contribution < 1.29 is 13.2 Å². The van der Waals surface area contributed by atoms with Gasteiger partial charge in [0.2, 0.25) is 10.0 Å². The molecule has 1 aromatic heterocycles. The van der Waals surface area contributed by atoms with E-state index in [0.29, 0.717) is 37.3 Å². The third-order valence-electron chi connectivity index (χ3n) is 3.68. The summed E-state index contributed by atoms with van der Waals surface area (Å²) in [6.45, 7) is 2.60. The SMILES string of the molecule is CCS(=O)(=O)NC1CCN(C(=O)c2c(N)cnn2C)CC1. The van der Waals surface area contributed by atoms with Crippen molar-refractivity contribution >= 4 is 21.6 Å². The molecule has 0 radical (unpaired) electrons. The number of nitrogens with one attached hydrogen (secondary N) is 1. The molecule has 0 unspecified atom stereocenters. The second-order valence-electron chi connectivity index (χ2n) is 5.16. The van der Waals surface area contributed by atoms with Crippen LogP contribution in [0.1, 0.15) is 30.3 Å². The van der Waals surface area contributed by atoms with E-state index >= 15 is 0 Å². The first kappa shape index (κ1) is 15.8. The van der Waals surface area contributed by atoms with Crippen LogP contribution >= 0.6 is 0 Å². The van der Waals surface area contributed by atoms with Crippen molar-refractivity contribution in [1.29, 1.82) is 0 Å². The van der Waals surface area contributed by atoms with Crippen molar-refractivity contribution in [3.8, 4) is 0 Å². The fourth-order valence-electron chi connectivity index (χ4n) is 2.40. The van der Waals surface area contributed by atoms with Crippen LogP contribution in [0.4, 0.5) is 5.69 Å². The lowest BCUT2D eigenvalue weighted by molar-refractivity contribution is 0.0701. The largest absolute Gasteiger partial charge is 0.396 e. The molecule has 1 aliphatic rings. The van der Waals surface area contributed by atoms with Crippen LogP contribution in [0.2, 0.25) is 0 Å². The lowest BCUT2D eigenvalue weighted by atomic mass is 10.1. The third kappa shape index (κ3) is 3.53. The van der Waals surface area contributed by atoms with Gasteiger partial charge in [-0.1, -0.05) is 0 Å². The molecule has 0 bridgehead atoms. The van der Waals surface area contributed by atoms with Gasteiger partial charge >= 0.3 is 0 Å². The molecule has 1 aliphatic heterocycles. The van der Waals surface area contributed by atoms with Crippen molar-refractivity contribution in [2.24, 2.45) is 7.05 Å². The minimum absolute atomic E-state index is 0.0672. The van der Waals surface area contributed by atoms with E-state index in [2.05, 4.69) is 9.82 Å². The lowest BCUT2D eigenvalue weighted by Gasteiger charge is -2.32. The van der Waals surface area contributed by atoms with Crippen LogP contribution in [-0.4, -0.2) is 53.9 Å². The van der Waals surface area contributed by atoms with Gasteiger partial charge in [0.05, 0.1) is 17.6 Å². The molecule has 2 heterocycles. The summed E-state index contributed by atoms with van der Waals surface area (Å²) < 4.78 is 27.2. The van der Waals surface area contributed by atoms with Gasteiger partial charge in [-0.05, 0) is 19.8 Å². The Bertz CT molecular complexity index is 597. The van der Waals surface area contributed by atoms with E-state index in [9.17, 15) is 13.2 Å². The highest BCUT2D eigenvalue weighted by molar-refractivity contribution is 7.89. The number of rotatable bonds is 4. The Kier molecular flexibility index (Phi) is 4.52. The first-order chi connectivity index (χ1) is 9.84. The molecule has 1 fully saturated rings. The van der Waals surface area contributed by atoms with E-state index in [1.807, 2.05) is 0 Å². The van der Waals surface area contributed by atoms with E-state index < -0.39 is 10.0 Å². The molecule has 2 rings (SSSR count). The molecule has 3 N–H and O–H groups in total. The molecule has 1 saturated heterocycles. The second kappa shape index (κ2) is 6.02. The Morgan fingerprint density at radius 3 is 2.57 bits per heavy atom.